The predicted octanol–water partition coefficient (Wildman–Crippen LogP) is 1.63. The molecule has 0 N–H and O–H groups in total. The normalized spacial score (nSPS) is 16.8. The molecule has 1 aliphatic rings. The van der Waals surface area contributed by atoms with Gasteiger partial charge in [-0.1, -0.05) is 0 Å². The fourth-order valence-corrected chi connectivity index (χ4v) is 2.55. The van der Waals surface area contributed by atoms with Crippen molar-refractivity contribution in [1.82, 2.24) is 4.90 Å². The number of hydrogen-bond donors (Lipinski definition) is 0. The average Bonchev–Trinajstić information content (AvgIpc) is 2.75. The van der Waals surface area contributed by atoms with E-state index in [-0.39, 0.29) is 0 Å². The summed E-state index contributed by atoms with van der Waals surface area (Å²) >= 11 is 3.19. The molecular weight excluding hydrogens is 378 g/mol. The van der Waals surface area contributed by atoms with Crippen LogP contribution in [0.2, 0.25) is 0 Å². The molecule has 8 heteroatoms. The zero-order valence-electron chi connectivity index (χ0n) is 14.3. The van der Waals surface area contributed by atoms with Gasteiger partial charge < -0.3 is 0 Å². The zero-order valence-corrected chi connectivity index (χ0v) is 15.5. The van der Waals surface area contributed by atoms with Gasteiger partial charge in [-0.2, -0.15) is 0 Å². The molecule has 1 aromatic carbocycles. The summed E-state index contributed by atoms with van der Waals surface area (Å²) in [5.41, 5.74) is 1.25. The second kappa shape index (κ2) is 25.5. The summed E-state index contributed by atoms with van der Waals surface area (Å²) in [5, 5.41) is 0. The van der Waals surface area contributed by atoms with Crippen LogP contribution in [0.4, 0.5) is 0 Å². The Labute approximate surface area is 161 Å². The predicted molar refractivity (Wildman–Crippen MR) is 81.8 cm³/mol. The van der Waals surface area contributed by atoms with Crippen molar-refractivity contribution >= 4 is 4.50 Å². The maximum atomic E-state index is 7.50. The molecule has 1 aromatic rings. The van der Waals surface area contributed by atoms with Gasteiger partial charge in [0.1, 0.15) is 0 Å². The fourth-order valence-electron chi connectivity index (χ4n) is 2.11. The quantitative estimate of drug-likeness (QED) is 0.560. The number of ether oxygens (including phenoxy) is 1. The topological polar surface area (TPSA) is 112 Å². The van der Waals surface area contributed by atoms with Crippen molar-refractivity contribution in [1.29, 1.82) is 0 Å². The summed E-state index contributed by atoms with van der Waals surface area (Å²) in [6.45, 7) is 28.7. The Kier molecular flexibility index (Phi) is 31.3. The first-order valence-corrected chi connectivity index (χ1v) is 7.32. The van der Waals surface area contributed by atoms with E-state index in [2.05, 4.69) is 92.1 Å². The van der Waals surface area contributed by atoms with E-state index in [0.717, 1.165) is 13.1 Å². The molecule has 0 unspecified atom stereocenters. The van der Waals surface area contributed by atoms with E-state index >= 15 is 0 Å². The molecule has 1 aliphatic heterocycles. The third-order valence-corrected chi connectivity index (χ3v) is 3.50. The first kappa shape index (κ1) is 32.0. The van der Waals surface area contributed by atoms with Gasteiger partial charge in [-0.25, -0.2) is 0 Å². The fraction of sp³-hybridized carbons (Fsp3) is 0.333. The molecule has 0 spiro atoms. The molecule has 1 heterocycles. The van der Waals surface area contributed by atoms with Crippen LogP contribution in [-0.2, 0) is 43.8 Å². The first-order valence-electron chi connectivity index (χ1n) is 6.68. The van der Waals surface area contributed by atoms with Crippen LogP contribution in [-0.4, -0.2) is 34.7 Å². The van der Waals surface area contributed by atoms with Crippen molar-refractivity contribution in [3.8, 4) is 0 Å². The summed E-state index contributed by atoms with van der Waals surface area (Å²) in [6, 6.07) is 10.5. The van der Waals surface area contributed by atoms with Crippen molar-refractivity contribution in [2.75, 3.05) is 13.1 Å². The van der Waals surface area contributed by atoms with E-state index in [1.165, 1.54) is 10.1 Å². The van der Waals surface area contributed by atoms with E-state index in [0.29, 0.717) is 12.2 Å². The Morgan fingerprint density at radius 3 is 1.54 bits per heavy atom. The average molecular weight is 395 g/mol. The van der Waals surface area contributed by atoms with Crippen molar-refractivity contribution in [3.63, 3.8) is 0 Å². The molecule has 0 aliphatic carbocycles. The summed E-state index contributed by atoms with van der Waals surface area (Å²) in [6.07, 6.45) is 0.603. The van der Waals surface area contributed by atoms with Crippen LogP contribution >= 0.6 is 0 Å². The van der Waals surface area contributed by atoms with Gasteiger partial charge in [0, 0.05) is 0 Å². The number of hydrogen-bond acceptors (Lipinski definition) is 2. The molecule has 1 fully saturated rings. The Hall–Kier alpha value is -1.76. The third-order valence-electron chi connectivity index (χ3n) is 2.73. The SMILES string of the molecule is C[C@@H]1CN([C](=[Cr])c2ccccc2)C[C@H](C)O1.[C-]#[O+].[C-]#[O+].[C-]#[O+].[C-]#[O+].[C-]#[O+]. The molecule has 2 rings (SSSR count). The minimum atomic E-state index is 0.302. The molecular formula is C18H17CrNO6. The number of rotatable bonds is 2. The van der Waals surface area contributed by atoms with Gasteiger partial charge in [0.2, 0.25) is 0 Å². The summed E-state index contributed by atoms with van der Waals surface area (Å²) < 4.78 is 44.5. The van der Waals surface area contributed by atoms with Gasteiger partial charge in [0.25, 0.3) is 0 Å². The van der Waals surface area contributed by atoms with Crippen molar-refractivity contribution in [3.05, 3.63) is 69.1 Å². The van der Waals surface area contributed by atoms with Gasteiger partial charge in [0.15, 0.2) is 0 Å². The molecule has 26 heavy (non-hydrogen) atoms. The molecule has 0 bridgehead atoms. The molecule has 136 valence electrons. The van der Waals surface area contributed by atoms with Gasteiger partial charge in [0.05, 0.1) is 0 Å². The zero-order chi connectivity index (χ0) is 21.5. The molecule has 2 atom stereocenters. The number of morpholine rings is 1. The summed E-state index contributed by atoms with van der Waals surface area (Å²) in [5.74, 6) is 0. The second-order valence-electron chi connectivity index (χ2n) is 4.33. The maximum absolute atomic E-state index is 7.50. The van der Waals surface area contributed by atoms with Gasteiger partial charge >= 0.3 is 162 Å². The van der Waals surface area contributed by atoms with Crippen LogP contribution in [0.25, 0.3) is 0 Å². The number of benzene rings is 1. The van der Waals surface area contributed by atoms with E-state index in [1.807, 2.05) is 6.07 Å². The third kappa shape index (κ3) is 14.6. The van der Waals surface area contributed by atoms with Crippen LogP contribution in [0.5, 0.6) is 0 Å². The van der Waals surface area contributed by atoms with Crippen LogP contribution in [0.15, 0.2) is 30.3 Å². The van der Waals surface area contributed by atoms with Gasteiger partial charge in [-0.3, -0.25) is 0 Å². The van der Waals surface area contributed by atoms with E-state index in [4.69, 9.17) is 28.0 Å². The van der Waals surface area contributed by atoms with Crippen LogP contribution in [0.1, 0.15) is 19.4 Å². The monoisotopic (exact) mass is 395 g/mol. The van der Waals surface area contributed by atoms with Crippen molar-refractivity contribution < 1.29 is 43.8 Å². The summed E-state index contributed by atoms with van der Waals surface area (Å²) in [7, 11) is 0. The second-order valence-corrected chi connectivity index (χ2v) is 4.94. The standard InChI is InChI=1S/C13H17NO.5CO.Cr/c1-11-8-14(9-12(2)15-11)10-13-6-4-3-5-7-13;5*1-2;/h3-7,11-12H,8-9H2,1-2H3;;;;;;/t11-,12+;;;;;;. The molecule has 7 nitrogen and oxygen atoms in total. The Morgan fingerprint density at radius 2 is 1.19 bits per heavy atom. The first-order chi connectivity index (χ1) is 12.7. The van der Waals surface area contributed by atoms with Gasteiger partial charge in [-0.05, 0) is 0 Å². The van der Waals surface area contributed by atoms with E-state index in [1.54, 1.807) is 0 Å². The summed E-state index contributed by atoms with van der Waals surface area (Å²) in [4.78, 5) is 2.37. The van der Waals surface area contributed by atoms with Crippen molar-refractivity contribution in [2.24, 2.45) is 0 Å². The van der Waals surface area contributed by atoms with Crippen LogP contribution in [0.3, 0.4) is 0 Å². The number of nitrogens with zero attached hydrogens (tertiary/aromatic N) is 1. The Bertz CT molecular complexity index is 520. The van der Waals surface area contributed by atoms with Crippen LogP contribution < -0.4 is 0 Å². The molecule has 0 aromatic heterocycles. The molecule has 0 amide bonds. The van der Waals surface area contributed by atoms with Gasteiger partial charge in [-0.15, -0.1) is 0 Å². The minimum absolute atomic E-state index is 0.302. The molecule has 1 saturated heterocycles. The molecule has 0 radical (unpaired) electrons. The Morgan fingerprint density at radius 1 is 0.846 bits per heavy atom. The van der Waals surface area contributed by atoms with E-state index in [9.17, 15) is 0 Å². The molecule has 0 saturated carbocycles. The Balaban J connectivity index is -0.000000210. The van der Waals surface area contributed by atoms with E-state index < -0.39 is 0 Å². The van der Waals surface area contributed by atoms with Crippen molar-refractivity contribution in [2.45, 2.75) is 26.1 Å². The van der Waals surface area contributed by atoms with Crippen LogP contribution in [0, 0.1) is 33.3 Å².